The molecule has 1 saturated heterocycles. The molecule has 1 aliphatic heterocycles. The zero-order valence-corrected chi connectivity index (χ0v) is 10.3. The Morgan fingerprint density at radius 3 is 2.59 bits per heavy atom. The molecule has 0 spiro atoms. The van der Waals surface area contributed by atoms with Crippen molar-refractivity contribution in [2.45, 2.75) is 6.42 Å². The number of nitrogen functional groups attached to an aromatic ring is 1. The van der Waals surface area contributed by atoms with E-state index in [1.807, 2.05) is 0 Å². The maximum absolute atomic E-state index is 11.5. The Hall–Kier alpha value is -1.27. The van der Waals surface area contributed by atoms with Crippen molar-refractivity contribution in [2.24, 2.45) is 0 Å². The Labute approximate surface area is 101 Å². The van der Waals surface area contributed by atoms with Crippen molar-refractivity contribution in [1.29, 1.82) is 0 Å². The highest BCUT2D eigenvalue weighted by Gasteiger charge is 2.27. The number of hydrogen-bond donors (Lipinski definition) is 1. The second-order valence-corrected chi connectivity index (χ2v) is 6.07. The molecule has 94 valence electrons. The van der Waals surface area contributed by atoms with Gasteiger partial charge in [-0.1, -0.05) is 0 Å². The van der Waals surface area contributed by atoms with Crippen molar-refractivity contribution >= 4 is 15.7 Å². The summed E-state index contributed by atoms with van der Waals surface area (Å²) in [5, 5.41) is 0. The lowest BCUT2D eigenvalue weighted by atomic mass is 10.3. The van der Waals surface area contributed by atoms with E-state index in [1.165, 1.54) is 4.31 Å². The van der Waals surface area contributed by atoms with Crippen molar-refractivity contribution < 1.29 is 13.2 Å². The number of anilines is 1. The first kappa shape index (κ1) is 12.2. The zero-order valence-electron chi connectivity index (χ0n) is 9.50. The maximum Gasteiger partial charge on any atom is 0.214 e. The van der Waals surface area contributed by atoms with Gasteiger partial charge in [-0.15, -0.1) is 0 Å². The highest BCUT2D eigenvalue weighted by molar-refractivity contribution is 7.89. The molecule has 6 heteroatoms. The van der Waals surface area contributed by atoms with Gasteiger partial charge < -0.3 is 10.5 Å². The topological polar surface area (TPSA) is 72.6 Å². The molecule has 0 unspecified atom stereocenters. The van der Waals surface area contributed by atoms with Crippen molar-refractivity contribution in [1.82, 2.24) is 4.31 Å². The molecule has 1 aromatic carbocycles. The lowest BCUT2D eigenvalue weighted by Crippen LogP contribution is -2.30. The Balaban J connectivity index is 1.82. The molecule has 2 rings (SSSR count). The Bertz CT molecular complexity index is 470. The molecular formula is C11H16N2O3S. The first-order chi connectivity index (χ1) is 8.08. The summed E-state index contributed by atoms with van der Waals surface area (Å²) in [6, 6.07) is 7.05. The van der Waals surface area contributed by atoms with Gasteiger partial charge in [0.05, 0.1) is 5.75 Å². The lowest BCUT2D eigenvalue weighted by Gasteiger charge is -2.14. The summed E-state index contributed by atoms with van der Waals surface area (Å²) in [7, 11) is -3.01. The first-order valence-electron chi connectivity index (χ1n) is 5.54. The quantitative estimate of drug-likeness (QED) is 0.804. The van der Waals surface area contributed by atoms with E-state index in [-0.39, 0.29) is 5.75 Å². The van der Waals surface area contributed by atoms with E-state index in [0.717, 1.165) is 0 Å². The minimum absolute atomic E-state index is 0.259. The molecule has 0 aromatic heterocycles. The fourth-order valence-electron chi connectivity index (χ4n) is 1.77. The first-order valence-corrected chi connectivity index (χ1v) is 7.15. The standard InChI is InChI=1S/C11H16N2O3S/c12-10-2-4-11(5-3-10)16-8-7-13-6-1-9-17(13,14)15/h2-5H,1,6-9,12H2. The molecule has 5 nitrogen and oxygen atoms in total. The van der Waals surface area contributed by atoms with Crippen LogP contribution in [0.5, 0.6) is 5.75 Å². The van der Waals surface area contributed by atoms with Gasteiger partial charge in [-0.3, -0.25) is 0 Å². The van der Waals surface area contributed by atoms with Gasteiger partial charge in [0, 0.05) is 18.8 Å². The molecule has 0 saturated carbocycles. The van der Waals surface area contributed by atoms with E-state index < -0.39 is 10.0 Å². The third kappa shape index (κ3) is 3.10. The number of ether oxygens (including phenoxy) is 1. The average molecular weight is 256 g/mol. The van der Waals surface area contributed by atoms with Crippen LogP contribution in [0.2, 0.25) is 0 Å². The average Bonchev–Trinajstić information content (AvgIpc) is 2.61. The van der Waals surface area contributed by atoms with Crippen LogP contribution in [-0.4, -0.2) is 38.2 Å². The van der Waals surface area contributed by atoms with Gasteiger partial charge in [-0.05, 0) is 30.7 Å². The molecular weight excluding hydrogens is 240 g/mol. The molecule has 0 amide bonds. The number of nitrogens with zero attached hydrogens (tertiary/aromatic N) is 1. The van der Waals surface area contributed by atoms with Crippen molar-refractivity contribution in [2.75, 3.05) is 31.2 Å². The fourth-order valence-corrected chi connectivity index (χ4v) is 3.28. The van der Waals surface area contributed by atoms with Crippen LogP contribution in [0.1, 0.15) is 6.42 Å². The van der Waals surface area contributed by atoms with Crippen LogP contribution in [0.15, 0.2) is 24.3 Å². The molecule has 0 aliphatic carbocycles. The van der Waals surface area contributed by atoms with Crippen LogP contribution < -0.4 is 10.5 Å². The summed E-state index contributed by atoms with van der Waals surface area (Å²) in [5.74, 6) is 0.963. The summed E-state index contributed by atoms with van der Waals surface area (Å²) in [4.78, 5) is 0. The van der Waals surface area contributed by atoms with E-state index in [4.69, 9.17) is 10.5 Å². The largest absolute Gasteiger partial charge is 0.492 e. The number of benzene rings is 1. The van der Waals surface area contributed by atoms with Crippen LogP contribution in [0.25, 0.3) is 0 Å². The van der Waals surface area contributed by atoms with E-state index >= 15 is 0 Å². The lowest BCUT2D eigenvalue weighted by molar-refractivity contribution is 0.279. The molecule has 0 radical (unpaired) electrons. The zero-order chi connectivity index (χ0) is 12.3. The smallest absolute Gasteiger partial charge is 0.214 e. The van der Waals surface area contributed by atoms with Crippen LogP contribution in [0.3, 0.4) is 0 Å². The molecule has 0 bridgehead atoms. The minimum Gasteiger partial charge on any atom is -0.492 e. The third-order valence-corrected chi connectivity index (χ3v) is 4.65. The molecule has 1 aliphatic rings. The second kappa shape index (κ2) is 4.93. The van der Waals surface area contributed by atoms with Gasteiger partial charge in [-0.2, -0.15) is 4.31 Å². The van der Waals surface area contributed by atoms with Gasteiger partial charge in [0.2, 0.25) is 10.0 Å². The second-order valence-electron chi connectivity index (χ2n) is 3.99. The summed E-state index contributed by atoms with van der Waals surface area (Å²) in [6.45, 7) is 1.38. The summed E-state index contributed by atoms with van der Waals surface area (Å²) in [6.07, 6.45) is 0.713. The molecule has 17 heavy (non-hydrogen) atoms. The molecule has 1 aromatic rings. The Morgan fingerprint density at radius 2 is 2.00 bits per heavy atom. The normalized spacial score (nSPS) is 19.3. The highest BCUT2D eigenvalue weighted by Crippen LogP contribution is 2.15. The summed E-state index contributed by atoms with van der Waals surface area (Å²) in [5.41, 5.74) is 6.23. The van der Waals surface area contributed by atoms with E-state index in [1.54, 1.807) is 24.3 Å². The number of sulfonamides is 1. The van der Waals surface area contributed by atoms with Gasteiger partial charge >= 0.3 is 0 Å². The van der Waals surface area contributed by atoms with Crippen molar-refractivity contribution in [3.63, 3.8) is 0 Å². The Morgan fingerprint density at radius 1 is 1.29 bits per heavy atom. The van der Waals surface area contributed by atoms with Gasteiger partial charge in [0.25, 0.3) is 0 Å². The number of rotatable bonds is 4. The van der Waals surface area contributed by atoms with Crippen LogP contribution in [0, 0.1) is 0 Å². The van der Waals surface area contributed by atoms with Crippen molar-refractivity contribution in [3.8, 4) is 5.75 Å². The highest BCUT2D eigenvalue weighted by atomic mass is 32.2. The monoisotopic (exact) mass is 256 g/mol. The number of hydrogen-bond acceptors (Lipinski definition) is 4. The molecule has 1 fully saturated rings. The van der Waals surface area contributed by atoms with E-state index in [0.29, 0.717) is 37.6 Å². The van der Waals surface area contributed by atoms with Crippen molar-refractivity contribution in [3.05, 3.63) is 24.3 Å². The van der Waals surface area contributed by atoms with Crippen LogP contribution >= 0.6 is 0 Å². The summed E-state index contributed by atoms with van der Waals surface area (Å²) < 4.78 is 29.9. The molecule has 1 heterocycles. The van der Waals surface area contributed by atoms with Gasteiger partial charge in [-0.25, -0.2) is 8.42 Å². The van der Waals surface area contributed by atoms with E-state index in [9.17, 15) is 8.42 Å². The maximum atomic E-state index is 11.5. The van der Waals surface area contributed by atoms with Gasteiger partial charge in [0.15, 0.2) is 0 Å². The van der Waals surface area contributed by atoms with Crippen LogP contribution in [-0.2, 0) is 10.0 Å². The Kier molecular flexibility index (Phi) is 3.54. The molecule has 2 N–H and O–H groups in total. The number of nitrogens with two attached hydrogens (primary N) is 1. The van der Waals surface area contributed by atoms with Crippen LogP contribution in [0.4, 0.5) is 5.69 Å². The SMILES string of the molecule is Nc1ccc(OCCN2CCCS2(=O)=O)cc1. The predicted molar refractivity (Wildman–Crippen MR) is 66.3 cm³/mol. The van der Waals surface area contributed by atoms with E-state index in [2.05, 4.69) is 0 Å². The predicted octanol–water partition coefficient (Wildman–Crippen LogP) is 0.683. The minimum atomic E-state index is -3.01. The fraction of sp³-hybridized carbons (Fsp3) is 0.455. The summed E-state index contributed by atoms with van der Waals surface area (Å²) >= 11 is 0. The third-order valence-electron chi connectivity index (χ3n) is 2.69. The van der Waals surface area contributed by atoms with Gasteiger partial charge in [0.1, 0.15) is 12.4 Å². The molecule has 0 atom stereocenters.